The third-order valence-corrected chi connectivity index (χ3v) is 3.26. The number of nitrogen functional groups attached to an aromatic ring is 1. The Balaban J connectivity index is 2.06. The van der Waals surface area contributed by atoms with Crippen LogP contribution >= 0.6 is 0 Å². The lowest BCUT2D eigenvalue weighted by Gasteiger charge is -2.11. The normalized spacial score (nSPS) is 11.1. The van der Waals surface area contributed by atoms with Crippen molar-refractivity contribution in [2.75, 3.05) is 31.7 Å². The number of carbonyl (C=O) groups is 1. The summed E-state index contributed by atoms with van der Waals surface area (Å²) in [6.45, 7) is 0.296. The lowest BCUT2D eigenvalue weighted by molar-refractivity contribution is -0.116. The molecule has 0 aromatic carbocycles. The molecule has 0 saturated heterocycles. The summed E-state index contributed by atoms with van der Waals surface area (Å²) in [5.74, 6) is 0.0933. The van der Waals surface area contributed by atoms with Gasteiger partial charge in [0, 0.05) is 24.2 Å². The lowest BCUT2D eigenvalue weighted by atomic mass is 10.1. The molecule has 0 aliphatic heterocycles. The molecule has 118 valence electrons. The third-order valence-electron chi connectivity index (χ3n) is 3.26. The molecule has 0 radical (unpaired) electrons. The number of anilines is 2. The fourth-order valence-corrected chi connectivity index (χ4v) is 2.36. The zero-order valence-electron chi connectivity index (χ0n) is 12.9. The van der Waals surface area contributed by atoms with Crippen LogP contribution in [-0.4, -0.2) is 51.4 Å². The van der Waals surface area contributed by atoms with Crippen molar-refractivity contribution in [3.05, 3.63) is 30.7 Å². The monoisotopic (exact) mass is 311 g/mol. The molecule has 0 aliphatic carbocycles. The van der Waals surface area contributed by atoms with E-state index in [1.54, 1.807) is 35.6 Å². The number of pyridine rings is 1. The van der Waals surface area contributed by atoms with Crippen molar-refractivity contribution >= 4 is 28.6 Å². The van der Waals surface area contributed by atoms with Gasteiger partial charge in [0.05, 0.1) is 23.3 Å². The minimum absolute atomic E-state index is 0.100. The summed E-state index contributed by atoms with van der Waals surface area (Å²) in [5.41, 5.74) is 8.48. The van der Waals surface area contributed by atoms with Gasteiger partial charge >= 0.3 is 0 Å². The molecule has 1 amide bonds. The number of hydrogen-bond donors (Lipinski definition) is 3. The van der Waals surface area contributed by atoms with E-state index < -0.39 is 0 Å². The molecule has 0 saturated carbocycles. The lowest BCUT2D eigenvalue weighted by Crippen LogP contribution is -2.27. The van der Waals surface area contributed by atoms with Crippen LogP contribution in [0.2, 0.25) is 0 Å². The first kappa shape index (κ1) is 14.9. The molecule has 23 heavy (non-hydrogen) atoms. The van der Waals surface area contributed by atoms with Gasteiger partial charge < -0.3 is 20.9 Å². The summed E-state index contributed by atoms with van der Waals surface area (Å²) in [6.07, 6.45) is 5.03. The highest BCUT2D eigenvalue weighted by molar-refractivity contribution is 6.07. The van der Waals surface area contributed by atoms with Gasteiger partial charge in [-0.25, -0.2) is 15.0 Å². The molecule has 0 unspecified atom stereocenters. The molecule has 0 fully saturated rings. The number of hydrogen-bond acceptors (Lipinski definition) is 6. The number of amides is 1. The molecule has 3 aromatic heterocycles. The highest BCUT2D eigenvalue weighted by Gasteiger charge is 2.14. The number of nitrogens with zero attached hydrogens (tertiary/aromatic N) is 4. The number of aromatic amines is 1. The number of H-pyrrole nitrogens is 1. The van der Waals surface area contributed by atoms with E-state index in [9.17, 15) is 4.79 Å². The first-order chi connectivity index (χ1) is 11.0. The molecule has 3 heterocycles. The summed E-state index contributed by atoms with van der Waals surface area (Å²) >= 11 is 0. The fraction of sp³-hybridized carbons (Fsp3) is 0.200. The van der Waals surface area contributed by atoms with Crippen molar-refractivity contribution in [1.29, 1.82) is 0 Å². The SMILES string of the molecule is CN(C)CC(=O)Nc1ccnc2[nH]cc(-c3ccnc(N)n3)c12. The first-order valence-corrected chi connectivity index (χ1v) is 7.04. The van der Waals surface area contributed by atoms with Gasteiger partial charge in [0.2, 0.25) is 11.9 Å². The van der Waals surface area contributed by atoms with Gasteiger partial charge in [-0.05, 0) is 26.2 Å². The standard InChI is InChI=1S/C15H17N7O/c1-22(2)8-12(23)20-11-4-5-17-14-13(11)9(7-19-14)10-3-6-18-15(16)21-10/h3-7H,8H2,1-2H3,(H2,16,18,21)(H2,17,19,20,23). The number of nitrogens with two attached hydrogens (primary N) is 1. The minimum Gasteiger partial charge on any atom is -0.368 e. The maximum atomic E-state index is 12.1. The molecule has 0 atom stereocenters. The van der Waals surface area contributed by atoms with Crippen LogP contribution in [0, 0.1) is 0 Å². The van der Waals surface area contributed by atoms with Gasteiger partial charge in [-0.15, -0.1) is 0 Å². The van der Waals surface area contributed by atoms with Crippen molar-refractivity contribution in [1.82, 2.24) is 24.8 Å². The highest BCUT2D eigenvalue weighted by Crippen LogP contribution is 2.32. The van der Waals surface area contributed by atoms with E-state index in [4.69, 9.17) is 5.73 Å². The van der Waals surface area contributed by atoms with Gasteiger partial charge in [0.25, 0.3) is 0 Å². The van der Waals surface area contributed by atoms with Crippen molar-refractivity contribution in [3.8, 4) is 11.3 Å². The van der Waals surface area contributed by atoms with Crippen LogP contribution in [0.25, 0.3) is 22.3 Å². The van der Waals surface area contributed by atoms with Gasteiger partial charge in [-0.2, -0.15) is 0 Å². The highest BCUT2D eigenvalue weighted by atomic mass is 16.2. The molecule has 3 rings (SSSR count). The Labute approximate surface area is 132 Å². The quantitative estimate of drug-likeness (QED) is 0.665. The second kappa shape index (κ2) is 6.01. The molecular weight excluding hydrogens is 294 g/mol. The Kier molecular flexibility index (Phi) is 3.90. The summed E-state index contributed by atoms with van der Waals surface area (Å²) in [5, 5.41) is 3.70. The van der Waals surface area contributed by atoms with Gasteiger partial charge in [-0.1, -0.05) is 0 Å². The molecule has 0 spiro atoms. The van der Waals surface area contributed by atoms with Gasteiger partial charge in [0.1, 0.15) is 5.65 Å². The number of fused-ring (bicyclic) bond motifs is 1. The van der Waals surface area contributed by atoms with Crippen molar-refractivity contribution < 1.29 is 4.79 Å². The molecule has 8 nitrogen and oxygen atoms in total. The molecular formula is C15H17N7O. The second-order valence-electron chi connectivity index (χ2n) is 5.37. The third kappa shape index (κ3) is 3.11. The largest absolute Gasteiger partial charge is 0.368 e. The number of nitrogens with one attached hydrogen (secondary N) is 2. The van der Waals surface area contributed by atoms with E-state index in [0.717, 1.165) is 10.9 Å². The zero-order valence-corrected chi connectivity index (χ0v) is 12.9. The zero-order chi connectivity index (χ0) is 16.4. The smallest absolute Gasteiger partial charge is 0.238 e. The Bertz CT molecular complexity index is 856. The van der Waals surface area contributed by atoms with E-state index in [1.807, 2.05) is 14.1 Å². The average molecular weight is 311 g/mol. The van der Waals surface area contributed by atoms with E-state index in [-0.39, 0.29) is 11.9 Å². The number of carbonyl (C=O) groups excluding carboxylic acids is 1. The summed E-state index contributed by atoms with van der Waals surface area (Å²) in [7, 11) is 3.68. The molecule has 8 heteroatoms. The van der Waals surface area contributed by atoms with E-state index >= 15 is 0 Å². The minimum atomic E-state index is -0.100. The number of rotatable bonds is 4. The topological polar surface area (TPSA) is 113 Å². The number of likely N-dealkylation sites (N-methyl/N-ethyl adjacent to an activating group) is 1. The fourth-order valence-electron chi connectivity index (χ4n) is 2.36. The predicted octanol–water partition coefficient (Wildman–Crippen LogP) is 1.10. The maximum absolute atomic E-state index is 12.1. The Morgan fingerprint density at radius 2 is 2.09 bits per heavy atom. The van der Waals surface area contributed by atoms with Crippen molar-refractivity contribution in [2.45, 2.75) is 0 Å². The van der Waals surface area contributed by atoms with E-state index in [1.165, 1.54) is 0 Å². The molecule has 0 bridgehead atoms. The van der Waals surface area contributed by atoms with Crippen LogP contribution in [0.3, 0.4) is 0 Å². The van der Waals surface area contributed by atoms with Crippen LogP contribution in [0.5, 0.6) is 0 Å². The van der Waals surface area contributed by atoms with Crippen LogP contribution in [-0.2, 0) is 4.79 Å². The number of aromatic nitrogens is 4. The van der Waals surface area contributed by atoms with Crippen LogP contribution < -0.4 is 11.1 Å². The Morgan fingerprint density at radius 3 is 2.83 bits per heavy atom. The second-order valence-corrected chi connectivity index (χ2v) is 5.37. The van der Waals surface area contributed by atoms with Crippen LogP contribution in [0.1, 0.15) is 0 Å². The predicted molar refractivity (Wildman–Crippen MR) is 88.7 cm³/mol. The molecule has 4 N–H and O–H groups in total. The van der Waals surface area contributed by atoms with Gasteiger partial charge in [-0.3, -0.25) is 4.79 Å². The Morgan fingerprint density at radius 1 is 1.30 bits per heavy atom. The van der Waals surface area contributed by atoms with Crippen molar-refractivity contribution in [2.24, 2.45) is 0 Å². The van der Waals surface area contributed by atoms with E-state index in [2.05, 4.69) is 25.3 Å². The average Bonchev–Trinajstić information content (AvgIpc) is 2.91. The van der Waals surface area contributed by atoms with Crippen molar-refractivity contribution in [3.63, 3.8) is 0 Å². The molecule has 3 aromatic rings. The van der Waals surface area contributed by atoms with E-state index in [0.29, 0.717) is 23.6 Å². The van der Waals surface area contributed by atoms with Crippen LogP contribution in [0.15, 0.2) is 30.7 Å². The first-order valence-electron chi connectivity index (χ1n) is 7.04. The summed E-state index contributed by atoms with van der Waals surface area (Å²) < 4.78 is 0. The summed E-state index contributed by atoms with van der Waals surface area (Å²) in [6, 6.07) is 3.52. The van der Waals surface area contributed by atoms with Gasteiger partial charge in [0.15, 0.2) is 0 Å². The summed E-state index contributed by atoms with van der Waals surface area (Å²) in [4.78, 5) is 29.4. The Hall–Kier alpha value is -3.00. The maximum Gasteiger partial charge on any atom is 0.238 e. The molecule has 0 aliphatic rings. The van der Waals surface area contributed by atoms with Crippen LogP contribution in [0.4, 0.5) is 11.6 Å².